The number of carbonyl (C=O) groups excluding carboxylic acids is 2. The summed E-state index contributed by atoms with van der Waals surface area (Å²) in [6.45, 7) is 1.55. The molecule has 5 nitrogen and oxygen atoms in total. The first kappa shape index (κ1) is 15.9. The molecule has 2 aromatic carbocycles. The highest BCUT2D eigenvalue weighted by molar-refractivity contribution is 6.31. The zero-order valence-corrected chi connectivity index (χ0v) is 12.6. The highest BCUT2D eigenvalue weighted by Gasteiger charge is 2.17. The van der Waals surface area contributed by atoms with Crippen LogP contribution in [0.2, 0.25) is 5.02 Å². The molecular weight excluding hydrogens is 304 g/mol. The number of nitrogens with one attached hydrogen (secondary N) is 2. The first-order valence-corrected chi connectivity index (χ1v) is 7.00. The third kappa shape index (κ3) is 3.99. The second kappa shape index (κ2) is 6.95. The zero-order valence-electron chi connectivity index (χ0n) is 11.8. The lowest BCUT2D eigenvalue weighted by molar-refractivity contribution is -0.117. The number of amides is 2. The van der Waals surface area contributed by atoms with E-state index in [2.05, 4.69) is 10.6 Å². The number of aromatic hydroxyl groups is 1. The quantitative estimate of drug-likeness (QED) is 0.758. The molecule has 0 saturated carbocycles. The summed E-state index contributed by atoms with van der Waals surface area (Å²) >= 11 is 5.81. The molecule has 0 aliphatic rings. The number of hydrogen-bond acceptors (Lipinski definition) is 3. The first-order valence-electron chi connectivity index (χ1n) is 6.62. The predicted octanol–water partition coefficient (Wildman–Crippen LogP) is 2.80. The van der Waals surface area contributed by atoms with Crippen molar-refractivity contribution >= 4 is 29.1 Å². The Kier molecular flexibility index (Phi) is 5.01. The summed E-state index contributed by atoms with van der Waals surface area (Å²) in [4.78, 5) is 24.0. The number of phenols is 1. The predicted molar refractivity (Wildman–Crippen MR) is 85.1 cm³/mol. The number of carbonyl (C=O) groups is 2. The lowest BCUT2D eigenvalue weighted by atomic mass is 10.2. The number of hydrogen-bond donors (Lipinski definition) is 3. The Balaban J connectivity index is 2.00. The van der Waals surface area contributed by atoms with Crippen molar-refractivity contribution in [2.75, 3.05) is 5.32 Å². The van der Waals surface area contributed by atoms with Gasteiger partial charge in [-0.15, -0.1) is 0 Å². The van der Waals surface area contributed by atoms with Gasteiger partial charge in [0.15, 0.2) is 0 Å². The van der Waals surface area contributed by atoms with Crippen LogP contribution < -0.4 is 10.6 Å². The van der Waals surface area contributed by atoms with Crippen molar-refractivity contribution in [3.05, 3.63) is 59.1 Å². The van der Waals surface area contributed by atoms with E-state index < -0.39 is 11.9 Å². The van der Waals surface area contributed by atoms with E-state index in [1.165, 1.54) is 18.2 Å². The van der Waals surface area contributed by atoms with Crippen molar-refractivity contribution in [2.24, 2.45) is 0 Å². The molecule has 22 heavy (non-hydrogen) atoms. The van der Waals surface area contributed by atoms with E-state index >= 15 is 0 Å². The van der Waals surface area contributed by atoms with Gasteiger partial charge in [-0.25, -0.2) is 0 Å². The molecule has 3 N–H and O–H groups in total. The van der Waals surface area contributed by atoms with Gasteiger partial charge in [0.1, 0.15) is 11.8 Å². The summed E-state index contributed by atoms with van der Waals surface area (Å²) in [6.07, 6.45) is 0. The highest BCUT2D eigenvalue weighted by Crippen LogP contribution is 2.26. The fourth-order valence-electron chi connectivity index (χ4n) is 1.78. The van der Waals surface area contributed by atoms with E-state index in [0.29, 0.717) is 10.6 Å². The molecule has 2 amide bonds. The van der Waals surface area contributed by atoms with Gasteiger partial charge in [-0.1, -0.05) is 29.8 Å². The maximum atomic E-state index is 12.1. The molecule has 0 aliphatic heterocycles. The van der Waals surface area contributed by atoms with E-state index in [0.717, 1.165) is 0 Å². The summed E-state index contributed by atoms with van der Waals surface area (Å²) in [5, 5.41) is 15.2. The standard InChI is InChI=1S/C16H15ClN2O3/c1-10(18-16(22)11-5-3-2-4-6-11)15(21)19-13-9-12(17)7-8-14(13)20/h2-10,20H,1H3,(H,18,22)(H,19,21)/t10-/m0/s1. The highest BCUT2D eigenvalue weighted by atomic mass is 35.5. The molecular formula is C16H15ClN2O3. The molecule has 0 radical (unpaired) electrons. The van der Waals surface area contributed by atoms with Crippen molar-refractivity contribution in [1.29, 1.82) is 0 Å². The molecule has 0 unspecified atom stereocenters. The molecule has 0 aromatic heterocycles. The first-order chi connectivity index (χ1) is 10.5. The molecule has 0 aliphatic carbocycles. The largest absolute Gasteiger partial charge is 0.506 e. The Morgan fingerprint density at radius 1 is 1.14 bits per heavy atom. The Morgan fingerprint density at radius 3 is 2.50 bits per heavy atom. The number of benzene rings is 2. The van der Waals surface area contributed by atoms with Crippen LogP contribution in [0.3, 0.4) is 0 Å². The lowest BCUT2D eigenvalue weighted by Crippen LogP contribution is -2.41. The van der Waals surface area contributed by atoms with E-state index in [1.807, 2.05) is 0 Å². The fourth-order valence-corrected chi connectivity index (χ4v) is 1.96. The van der Waals surface area contributed by atoms with E-state index in [1.54, 1.807) is 37.3 Å². The molecule has 0 saturated heterocycles. The van der Waals surface area contributed by atoms with Gasteiger partial charge in [-0.3, -0.25) is 9.59 Å². The lowest BCUT2D eigenvalue weighted by Gasteiger charge is -2.15. The zero-order chi connectivity index (χ0) is 16.1. The Morgan fingerprint density at radius 2 is 1.82 bits per heavy atom. The van der Waals surface area contributed by atoms with Crippen LogP contribution in [0.15, 0.2) is 48.5 Å². The van der Waals surface area contributed by atoms with Gasteiger partial charge in [0.05, 0.1) is 5.69 Å². The van der Waals surface area contributed by atoms with E-state index in [-0.39, 0.29) is 17.3 Å². The van der Waals surface area contributed by atoms with Crippen LogP contribution in [-0.4, -0.2) is 23.0 Å². The average Bonchev–Trinajstić information content (AvgIpc) is 2.51. The summed E-state index contributed by atoms with van der Waals surface area (Å²) in [5.41, 5.74) is 0.658. The number of phenolic OH excluding ortho intramolecular Hbond substituents is 1. The number of halogens is 1. The average molecular weight is 319 g/mol. The number of anilines is 1. The fraction of sp³-hybridized carbons (Fsp3) is 0.125. The Bertz CT molecular complexity index is 689. The normalized spacial score (nSPS) is 11.5. The molecule has 114 valence electrons. The summed E-state index contributed by atoms with van der Waals surface area (Å²) < 4.78 is 0. The van der Waals surface area contributed by atoms with Gasteiger partial charge in [0.25, 0.3) is 5.91 Å². The van der Waals surface area contributed by atoms with Crippen LogP contribution in [0.25, 0.3) is 0 Å². The summed E-state index contributed by atoms with van der Waals surface area (Å²) in [5.74, 6) is -0.903. The van der Waals surface area contributed by atoms with E-state index in [4.69, 9.17) is 11.6 Å². The Labute approximate surface area is 132 Å². The van der Waals surface area contributed by atoms with Crippen LogP contribution in [0.1, 0.15) is 17.3 Å². The molecule has 0 spiro atoms. The SMILES string of the molecule is C[C@H](NC(=O)c1ccccc1)C(=O)Nc1cc(Cl)ccc1O. The third-order valence-corrected chi connectivity index (χ3v) is 3.23. The van der Waals surface area contributed by atoms with Crippen LogP contribution in [0.4, 0.5) is 5.69 Å². The molecule has 1 atom stereocenters. The topological polar surface area (TPSA) is 78.4 Å². The third-order valence-electron chi connectivity index (χ3n) is 2.99. The molecule has 6 heteroatoms. The molecule has 0 heterocycles. The van der Waals surface area contributed by atoms with Gasteiger partial charge in [-0.2, -0.15) is 0 Å². The van der Waals surface area contributed by atoms with Crippen LogP contribution in [-0.2, 0) is 4.79 Å². The maximum absolute atomic E-state index is 12.1. The van der Waals surface area contributed by atoms with Gasteiger partial charge in [0, 0.05) is 10.6 Å². The Hall–Kier alpha value is -2.53. The summed E-state index contributed by atoms with van der Waals surface area (Å²) in [6, 6.07) is 12.1. The second-order valence-electron chi connectivity index (χ2n) is 4.71. The minimum Gasteiger partial charge on any atom is -0.506 e. The van der Waals surface area contributed by atoms with Crippen molar-refractivity contribution in [3.8, 4) is 5.75 Å². The molecule has 2 rings (SSSR count). The van der Waals surface area contributed by atoms with Gasteiger partial charge < -0.3 is 15.7 Å². The van der Waals surface area contributed by atoms with Crippen LogP contribution in [0, 0.1) is 0 Å². The van der Waals surface area contributed by atoms with E-state index in [9.17, 15) is 14.7 Å². The monoisotopic (exact) mass is 318 g/mol. The van der Waals surface area contributed by atoms with Gasteiger partial charge in [0.2, 0.25) is 5.91 Å². The molecule has 0 bridgehead atoms. The van der Waals surface area contributed by atoms with Gasteiger partial charge >= 0.3 is 0 Å². The van der Waals surface area contributed by atoms with Gasteiger partial charge in [-0.05, 0) is 37.3 Å². The van der Waals surface area contributed by atoms with Crippen molar-refractivity contribution in [2.45, 2.75) is 13.0 Å². The summed E-state index contributed by atoms with van der Waals surface area (Å²) in [7, 11) is 0. The number of rotatable bonds is 4. The maximum Gasteiger partial charge on any atom is 0.251 e. The second-order valence-corrected chi connectivity index (χ2v) is 5.15. The van der Waals surface area contributed by atoms with Crippen molar-refractivity contribution in [1.82, 2.24) is 5.32 Å². The minimum atomic E-state index is -0.772. The van der Waals surface area contributed by atoms with Crippen LogP contribution >= 0.6 is 11.6 Å². The minimum absolute atomic E-state index is 0.0978. The van der Waals surface area contributed by atoms with Crippen molar-refractivity contribution < 1.29 is 14.7 Å². The molecule has 2 aromatic rings. The van der Waals surface area contributed by atoms with Crippen molar-refractivity contribution in [3.63, 3.8) is 0 Å². The smallest absolute Gasteiger partial charge is 0.251 e. The molecule has 0 fully saturated rings. The van der Waals surface area contributed by atoms with Crippen LogP contribution in [0.5, 0.6) is 5.75 Å².